The zero-order chi connectivity index (χ0) is 14.3. The molecular weight excluding hydrogens is 355 g/mol. The minimum absolute atomic E-state index is 0.0134. The number of sulfone groups is 1. The van der Waals surface area contributed by atoms with Crippen molar-refractivity contribution in [3.05, 3.63) is 49.5 Å². The van der Waals surface area contributed by atoms with Crippen LogP contribution in [0.15, 0.2) is 44.4 Å². The van der Waals surface area contributed by atoms with Gasteiger partial charge in [0.1, 0.15) is 4.24 Å². The van der Waals surface area contributed by atoms with Crippen LogP contribution >= 0.6 is 46.7 Å². The van der Waals surface area contributed by atoms with Gasteiger partial charge in [-0.05, 0) is 35.6 Å². The number of thioether (sulfide) groups is 2. The SMILES string of the molecule is O=S1(=O)CCC2=C1SC=CC2Sc1cc(Cl)ccc1Cl. The molecule has 0 amide bonds. The molecule has 0 bridgehead atoms. The Morgan fingerprint density at radius 3 is 2.90 bits per heavy atom. The molecule has 2 nitrogen and oxygen atoms in total. The van der Waals surface area contributed by atoms with Gasteiger partial charge >= 0.3 is 0 Å². The number of rotatable bonds is 2. The molecule has 0 spiro atoms. The molecule has 0 radical (unpaired) electrons. The third-order valence-corrected chi connectivity index (χ3v) is 8.46. The van der Waals surface area contributed by atoms with Crippen LogP contribution in [0.4, 0.5) is 0 Å². The first-order valence-corrected chi connectivity index (χ1v) is 10.0. The van der Waals surface area contributed by atoms with E-state index >= 15 is 0 Å². The Morgan fingerprint density at radius 2 is 2.10 bits per heavy atom. The molecule has 1 aromatic carbocycles. The Balaban J connectivity index is 1.93. The minimum atomic E-state index is -3.07. The molecule has 0 aliphatic carbocycles. The standard InChI is InChI=1S/C13H10Cl2O2S3/c14-8-1-2-10(15)12(7-8)19-11-3-5-18-13-9(11)4-6-20(13,16)17/h1-3,5,7,11H,4,6H2. The van der Waals surface area contributed by atoms with Crippen LogP contribution in [-0.4, -0.2) is 19.4 Å². The van der Waals surface area contributed by atoms with Crippen LogP contribution in [0, 0.1) is 0 Å². The van der Waals surface area contributed by atoms with E-state index in [4.69, 9.17) is 23.2 Å². The van der Waals surface area contributed by atoms with Crippen LogP contribution in [0.25, 0.3) is 0 Å². The Bertz CT molecular complexity index is 723. The molecule has 7 heteroatoms. The molecule has 1 aromatic rings. The van der Waals surface area contributed by atoms with Gasteiger partial charge in [0.2, 0.25) is 0 Å². The van der Waals surface area contributed by atoms with Gasteiger partial charge < -0.3 is 0 Å². The smallest absolute Gasteiger partial charge is 0.184 e. The van der Waals surface area contributed by atoms with E-state index in [2.05, 4.69) is 0 Å². The lowest BCUT2D eigenvalue weighted by Crippen LogP contribution is -2.06. The van der Waals surface area contributed by atoms with Gasteiger partial charge in [0.05, 0.1) is 16.0 Å². The summed E-state index contributed by atoms with van der Waals surface area (Å²) in [7, 11) is -3.07. The second-order valence-electron chi connectivity index (χ2n) is 4.44. The van der Waals surface area contributed by atoms with Crippen molar-refractivity contribution in [1.82, 2.24) is 0 Å². The van der Waals surface area contributed by atoms with Gasteiger partial charge in [0.15, 0.2) is 9.84 Å². The van der Waals surface area contributed by atoms with E-state index in [0.717, 1.165) is 10.5 Å². The van der Waals surface area contributed by atoms with Crippen LogP contribution in [0.5, 0.6) is 0 Å². The summed E-state index contributed by atoms with van der Waals surface area (Å²) in [6.45, 7) is 0. The first-order chi connectivity index (χ1) is 9.47. The Kier molecular flexibility index (Phi) is 4.17. The molecule has 2 heterocycles. The van der Waals surface area contributed by atoms with E-state index in [1.54, 1.807) is 23.9 Å². The second kappa shape index (κ2) is 5.61. The summed E-state index contributed by atoms with van der Waals surface area (Å²) in [5.74, 6) is 0.215. The molecule has 1 unspecified atom stereocenters. The molecule has 0 N–H and O–H groups in total. The van der Waals surface area contributed by atoms with E-state index in [0.29, 0.717) is 20.7 Å². The fraction of sp³-hybridized carbons (Fsp3) is 0.231. The molecule has 20 heavy (non-hydrogen) atoms. The largest absolute Gasteiger partial charge is 0.223 e. The van der Waals surface area contributed by atoms with Crippen molar-refractivity contribution in [3.8, 4) is 0 Å². The molecule has 106 valence electrons. The lowest BCUT2D eigenvalue weighted by atomic mass is 10.1. The molecule has 0 fully saturated rings. The highest BCUT2D eigenvalue weighted by molar-refractivity contribution is 8.20. The van der Waals surface area contributed by atoms with E-state index in [-0.39, 0.29) is 11.0 Å². The van der Waals surface area contributed by atoms with Crippen molar-refractivity contribution in [3.63, 3.8) is 0 Å². The monoisotopic (exact) mass is 364 g/mol. The van der Waals surface area contributed by atoms with Gasteiger partial charge in [-0.15, -0.1) is 11.8 Å². The molecule has 3 rings (SSSR count). The number of hydrogen-bond donors (Lipinski definition) is 0. The third-order valence-electron chi connectivity index (χ3n) is 3.10. The highest BCUT2D eigenvalue weighted by Crippen LogP contribution is 2.46. The highest BCUT2D eigenvalue weighted by atomic mass is 35.5. The summed E-state index contributed by atoms with van der Waals surface area (Å²) in [6, 6.07) is 5.31. The fourth-order valence-electron chi connectivity index (χ4n) is 2.15. The van der Waals surface area contributed by atoms with Crippen molar-refractivity contribution in [2.75, 3.05) is 5.75 Å². The average Bonchev–Trinajstić information content (AvgIpc) is 2.71. The number of halogens is 2. The summed E-state index contributed by atoms with van der Waals surface area (Å²) in [4.78, 5) is 0.872. The summed E-state index contributed by atoms with van der Waals surface area (Å²) < 4.78 is 24.4. The summed E-state index contributed by atoms with van der Waals surface area (Å²) >= 11 is 15.0. The van der Waals surface area contributed by atoms with Gasteiger partial charge in [-0.2, -0.15) is 0 Å². The van der Waals surface area contributed by atoms with Crippen LogP contribution in [0.1, 0.15) is 6.42 Å². The van der Waals surface area contributed by atoms with E-state index in [9.17, 15) is 8.42 Å². The summed E-state index contributed by atoms with van der Waals surface area (Å²) in [6.07, 6.45) is 2.62. The van der Waals surface area contributed by atoms with Crippen LogP contribution < -0.4 is 0 Å². The van der Waals surface area contributed by atoms with Crippen molar-refractivity contribution in [1.29, 1.82) is 0 Å². The predicted molar refractivity (Wildman–Crippen MR) is 88.3 cm³/mol. The van der Waals surface area contributed by atoms with E-state index in [1.807, 2.05) is 17.6 Å². The maximum atomic E-state index is 11.9. The van der Waals surface area contributed by atoms with Crippen molar-refractivity contribution < 1.29 is 8.42 Å². The molecule has 2 aliphatic heterocycles. The number of benzene rings is 1. The maximum absolute atomic E-state index is 11.9. The van der Waals surface area contributed by atoms with Gasteiger partial charge in [-0.3, -0.25) is 0 Å². The minimum Gasteiger partial charge on any atom is -0.223 e. The van der Waals surface area contributed by atoms with E-state index < -0.39 is 9.84 Å². The Labute approximate surface area is 136 Å². The van der Waals surface area contributed by atoms with Gasteiger partial charge in [-0.25, -0.2) is 8.42 Å². The van der Waals surface area contributed by atoms with Crippen molar-refractivity contribution in [2.45, 2.75) is 16.6 Å². The molecule has 0 saturated carbocycles. The molecular formula is C13H10Cl2O2S3. The summed E-state index contributed by atoms with van der Waals surface area (Å²) in [5, 5.41) is 3.12. The van der Waals surface area contributed by atoms with Crippen LogP contribution in [-0.2, 0) is 9.84 Å². The van der Waals surface area contributed by atoms with Gasteiger partial charge in [-0.1, -0.05) is 41.0 Å². The first kappa shape index (κ1) is 14.9. The topological polar surface area (TPSA) is 34.1 Å². The molecule has 0 saturated heterocycles. The zero-order valence-electron chi connectivity index (χ0n) is 10.2. The van der Waals surface area contributed by atoms with E-state index in [1.165, 1.54) is 11.8 Å². The fourth-order valence-corrected chi connectivity index (χ4v) is 7.12. The summed E-state index contributed by atoms with van der Waals surface area (Å²) in [5.41, 5.74) is 0.985. The molecule has 0 aromatic heterocycles. The quantitative estimate of drug-likeness (QED) is 0.758. The zero-order valence-corrected chi connectivity index (χ0v) is 14.1. The normalized spacial score (nSPS) is 24.0. The van der Waals surface area contributed by atoms with Gasteiger partial charge in [0.25, 0.3) is 0 Å². The van der Waals surface area contributed by atoms with Gasteiger partial charge in [0, 0.05) is 9.92 Å². The van der Waals surface area contributed by atoms with Crippen molar-refractivity contribution in [2.24, 2.45) is 0 Å². The first-order valence-electron chi connectivity index (χ1n) is 5.88. The maximum Gasteiger partial charge on any atom is 0.184 e. The Morgan fingerprint density at radius 1 is 1.30 bits per heavy atom. The average molecular weight is 365 g/mol. The molecule has 1 atom stereocenters. The van der Waals surface area contributed by atoms with Crippen LogP contribution in [0.3, 0.4) is 0 Å². The predicted octanol–water partition coefficient (Wildman–Crippen LogP) is 4.74. The van der Waals surface area contributed by atoms with Crippen LogP contribution in [0.2, 0.25) is 10.0 Å². The lowest BCUT2D eigenvalue weighted by Gasteiger charge is -2.19. The highest BCUT2D eigenvalue weighted by Gasteiger charge is 2.35. The Hall–Kier alpha value is -0.0700. The second-order valence-corrected chi connectivity index (χ2v) is 9.69. The number of hydrogen-bond acceptors (Lipinski definition) is 4. The van der Waals surface area contributed by atoms with Crippen molar-refractivity contribution >= 4 is 56.6 Å². The molecule has 2 aliphatic rings. The third kappa shape index (κ3) is 2.79. The lowest BCUT2D eigenvalue weighted by molar-refractivity contribution is 0.606.